The SMILES string of the molecule is CC(=O)Nc1cccc(C(=O)OC/C(O)=C(\C#N)c2nc3ccccc3s2)c1. The van der Waals surface area contributed by atoms with Crippen LogP contribution >= 0.6 is 11.3 Å². The molecule has 140 valence electrons. The number of nitriles is 1. The number of carbonyl (C=O) groups excluding carboxylic acids is 2. The van der Waals surface area contributed by atoms with E-state index in [-0.39, 0.29) is 22.8 Å². The van der Waals surface area contributed by atoms with E-state index in [1.54, 1.807) is 12.1 Å². The van der Waals surface area contributed by atoms with Crippen molar-refractivity contribution in [2.45, 2.75) is 6.92 Å². The van der Waals surface area contributed by atoms with Crippen LogP contribution in [0.1, 0.15) is 22.3 Å². The van der Waals surface area contributed by atoms with Crippen molar-refractivity contribution in [1.82, 2.24) is 4.98 Å². The highest BCUT2D eigenvalue weighted by Crippen LogP contribution is 2.28. The lowest BCUT2D eigenvalue weighted by molar-refractivity contribution is -0.114. The molecule has 1 aromatic heterocycles. The molecule has 0 unspecified atom stereocenters. The van der Waals surface area contributed by atoms with Crippen LogP contribution in [-0.4, -0.2) is 28.6 Å². The fraction of sp³-hybridized carbons (Fsp3) is 0.100. The summed E-state index contributed by atoms with van der Waals surface area (Å²) in [6.07, 6.45) is 0. The van der Waals surface area contributed by atoms with Crippen LogP contribution in [0.5, 0.6) is 0 Å². The molecule has 0 atom stereocenters. The molecule has 0 aliphatic heterocycles. The molecular formula is C20H15N3O4S. The highest BCUT2D eigenvalue weighted by molar-refractivity contribution is 7.19. The van der Waals surface area contributed by atoms with Crippen molar-refractivity contribution in [3.63, 3.8) is 0 Å². The summed E-state index contributed by atoms with van der Waals surface area (Å²) in [4.78, 5) is 27.7. The van der Waals surface area contributed by atoms with Crippen LogP contribution < -0.4 is 5.32 Å². The van der Waals surface area contributed by atoms with Gasteiger partial charge in [-0.25, -0.2) is 9.78 Å². The van der Waals surface area contributed by atoms with Crippen LogP contribution in [0.25, 0.3) is 15.8 Å². The van der Waals surface area contributed by atoms with E-state index in [1.807, 2.05) is 30.3 Å². The number of aliphatic hydroxyl groups excluding tert-OH is 1. The summed E-state index contributed by atoms with van der Waals surface area (Å²) in [7, 11) is 0. The number of nitrogens with one attached hydrogen (secondary N) is 1. The molecule has 0 aliphatic rings. The monoisotopic (exact) mass is 393 g/mol. The number of hydrogen-bond donors (Lipinski definition) is 2. The van der Waals surface area contributed by atoms with Crippen molar-refractivity contribution in [2.24, 2.45) is 0 Å². The Balaban J connectivity index is 1.75. The Morgan fingerprint density at radius 1 is 1.25 bits per heavy atom. The van der Waals surface area contributed by atoms with Gasteiger partial charge in [0.1, 0.15) is 23.3 Å². The molecule has 28 heavy (non-hydrogen) atoms. The van der Waals surface area contributed by atoms with Gasteiger partial charge in [0.05, 0.1) is 15.8 Å². The summed E-state index contributed by atoms with van der Waals surface area (Å²) in [5.74, 6) is -1.34. The number of hydrogen-bond acceptors (Lipinski definition) is 7. The Morgan fingerprint density at radius 2 is 2.04 bits per heavy atom. The normalized spacial score (nSPS) is 11.4. The highest BCUT2D eigenvalue weighted by atomic mass is 32.1. The fourth-order valence-electron chi connectivity index (χ4n) is 2.43. The van der Waals surface area contributed by atoms with Crippen LogP contribution in [0, 0.1) is 11.3 Å². The molecule has 1 amide bonds. The van der Waals surface area contributed by atoms with Gasteiger partial charge in [-0.05, 0) is 30.3 Å². The maximum Gasteiger partial charge on any atom is 0.338 e. The number of thiazole rings is 1. The van der Waals surface area contributed by atoms with Gasteiger partial charge in [-0.2, -0.15) is 5.26 Å². The Labute approximate surface area is 164 Å². The number of anilines is 1. The Kier molecular flexibility index (Phi) is 5.67. The van der Waals surface area contributed by atoms with Gasteiger partial charge in [-0.1, -0.05) is 18.2 Å². The third-order valence-corrected chi connectivity index (χ3v) is 4.72. The van der Waals surface area contributed by atoms with E-state index in [1.165, 1.54) is 30.4 Å². The molecule has 0 radical (unpaired) electrons. The fourth-order valence-corrected chi connectivity index (χ4v) is 3.41. The molecule has 0 saturated heterocycles. The molecule has 2 aromatic carbocycles. The maximum absolute atomic E-state index is 12.2. The summed E-state index contributed by atoms with van der Waals surface area (Å²) in [6.45, 7) is 0.890. The lowest BCUT2D eigenvalue weighted by atomic mass is 10.2. The third-order valence-electron chi connectivity index (χ3n) is 3.67. The van der Waals surface area contributed by atoms with Crippen LogP contribution in [0.15, 0.2) is 54.3 Å². The predicted molar refractivity (Wildman–Crippen MR) is 106 cm³/mol. The zero-order valence-electron chi connectivity index (χ0n) is 14.8. The molecule has 2 N–H and O–H groups in total. The number of allylic oxidation sites excluding steroid dienone is 1. The van der Waals surface area contributed by atoms with E-state index in [9.17, 15) is 20.0 Å². The molecule has 3 aromatic rings. The van der Waals surface area contributed by atoms with Crippen molar-refractivity contribution in [2.75, 3.05) is 11.9 Å². The molecule has 0 fully saturated rings. The van der Waals surface area contributed by atoms with Crippen LogP contribution in [-0.2, 0) is 9.53 Å². The van der Waals surface area contributed by atoms with Gasteiger partial charge >= 0.3 is 5.97 Å². The van der Waals surface area contributed by atoms with Crippen LogP contribution in [0.3, 0.4) is 0 Å². The van der Waals surface area contributed by atoms with Crippen molar-refractivity contribution in [3.05, 3.63) is 64.9 Å². The van der Waals surface area contributed by atoms with E-state index < -0.39 is 12.6 Å². The van der Waals surface area contributed by atoms with Gasteiger partial charge in [-0.15, -0.1) is 11.3 Å². The molecule has 8 heteroatoms. The number of rotatable bonds is 5. The van der Waals surface area contributed by atoms with Crippen molar-refractivity contribution < 1.29 is 19.4 Å². The lowest BCUT2D eigenvalue weighted by Crippen LogP contribution is -2.10. The van der Waals surface area contributed by atoms with E-state index in [2.05, 4.69) is 10.3 Å². The third kappa shape index (κ3) is 4.34. The first-order valence-corrected chi connectivity index (χ1v) is 9.02. The summed E-state index contributed by atoms with van der Waals surface area (Å²) in [5, 5.41) is 22.6. The van der Waals surface area contributed by atoms with Crippen molar-refractivity contribution in [3.8, 4) is 6.07 Å². The van der Waals surface area contributed by atoms with Crippen molar-refractivity contribution in [1.29, 1.82) is 5.26 Å². The lowest BCUT2D eigenvalue weighted by Gasteiger charge is -2.07. The van der Waals surface area contributed by atoms with E-state index in [4.69, 9.17) is 4.74 Å². The number of esters is 1. The Bertz CT molecular complexity index is 1090. The van der Waals surface area contributed by atoms with Crippen molar-refractivity contribution >= 4 is 44.7 Å². The number of nitrogens with zero attached hydrogens (tertiary/aromatic N) is 2. The molecule has 0 saturated carbocycles. The molecule has 0 bridgehead atoms. The summed E-state index contributed by atoms with van der Waals surface area (Å²) in [6, 6.07) is 15.5. The largest absolute Gasteiger partial charge is 0.507 e. The quantitative estimate of drug-likeness (QED) is 0.386. The zero-order chi connectivity index (χ0) is 20.1. The first-order chi connectivity index (χ1) is 13.5. The topological polar surface area (TPSA) is 112 Å². The van der Waals surface area contributed by atoms with Gasteiger partial charge in [0, 0.05) is 12.6 Å². The second-order valence-electron chi connectivity index (χ2n) is 5.76. The summed E-state index contributed by atoms with van der Waals surface area (Å²) < 4.78 is 5.97. The number of benzene rings is 2. The maximum atomic E-state index is 12.2. The molecule has 0 spiro atoms. The minimum absolute atomic E-state index is 0.0407. The average molecular weight is 393 g/mol. The molecular weight excluding hydrogens is 378 g/mol. The second kappa shape index (κ2) is 8.33. The average Bonchev–Trinajstić information content (AvgIpc) is 3.10. The minimum Gasteiger partial charge on any atom is -0.507 e. The minimum atomic E-state index is -0.694. The number of aliphatic hydroxyl groups is 1. The summed E-state index contributed by atoms with van der Waals surface area (Å²) >= 11 is 1.26. The summed E-state index contributed by atoms with van der Waals surface area (Å²) in [5.41, 5.74) is 1.34. The molecule has 1 heterocycles. The number of para-hydroxylation sites is 1. The second-order valence-corrected chi connectivity index (χ2v) is 6.79. The molecule has 0 aliphatic carbocycles. The number of fused-ring (bicyclic) bond motifs is 1. The predicted octanol–water partition coefficient (Wildman–Crippen LogP) is 3.90. The standard InChI is InChI=1S/C20H15N3O4S/c1-12(24)22-14-6-4-5-13(9-14)20(26)27-11-17(25)15(10-21)19-23-16-7-2-3-8-18(16)28-19/h2-9,25H,11H2,1H3,(H,22,24)/b17-15-. The molecule has 3 rings (SSSR count). The first kappa shape index (κ1) is 19.1. The number of ether oxygens (including phenoxy) is 1. The van der Waals surface area contributed by atoms with Gasteiger partial charge in [-0.3, -0.25) is 4.79 Å². The van der Waals surface area contributed by atoms with Crippen LogP contribution in [0.4, 0.5) is 5.69 Å². The molecule has 7 nitrogen and oxygen atoms in total. The number of aromatic nitrogens is 1. The smallest absolute Gasteiger partial charge is 0.338 e. The van der Waals surface area contributed by atoms with E-state index in [0.29, 0.717) is 10.7 Å². The van der Waals surface area contributed by atoms with Gasteiger partial charge in [0.25, 0.3) is 0 Å². The van der Waals surface area contributed by atoms with E-state index >= 15 is 0 Å². The highest BCUT2D eigenvalue weighted by Gasteiger charge is 2.16. The van der Waals surface area contributed by atoms with Crippen LogP contribution in [0.2, 0.25) is 0 Å². The Hall–Kier alpha value is -3.70. The van der Waals surface area contributed by atoms with Gasteiger partial charge < -0.3 is 15.2 Å². The number of amides is 1. The zero-order valence-corrected chi connectivity index (χ0v) is 15.6. The Morgan fingerprint density at radius 3 is 2.75 bits per heavy atom. The van der Waals surface area contributed by atoms with E-state index in [0.717, 1.165) is 10.2 Å². The first-order valence-electron chi connectivity index (χ1n) is 8.21. The van der Waals surface area contributed by atoms with Gasteiger partial charge in [0.15, 0.2) is 5.76 Å². The number of carbonyl (C=O) groups is 2. The van der Waals surface area contributed by atoms with Gasteiger partial charge in [0.2, 0.25) is 5.91 Å².